The Kier molecular flexibility index (Phi) is 3.98. The van der Waals surface area contributed by atoms with Gasteiger partial charge < -0.3 is 5.32 Å². The molecule has 1 N–H and O–H groups in total. The molecule has 18 heavy (non-hydrogen) atoms. The van der Waals surface area contributed by atoms with Crippen molar-refractivity contribution < 1.29 is 4.92 Å². The van der Waals surface area contributed by atoms with Gasteiger partial charge in [-0.3, -0.25) is 10.1 Å². The number of nitrogens with zero attached hydrogens (tertiary/aromatic N) is 1. The van der Waals surface area contributed by atoms with Gasteiger partial charge in [0.05, 0.1) is 4.92 Å². The summed E-state index contributed by atoms with van der Waals surface area (Å²) in [5.41, 5.74) is 1.37. The highest BCUT2D eigenvalue weighted by Gasteiger charge is 2.16. The molecule has 0 aliphatic heterocycles. The van der Waals surface area contributed by atoms with Crippen molar-refractivity contribution in [2.24, 2.45) is 0 Å². The van der Waals surface area contributed by atoms with E-state index in [0.717, 1.165) is 9.35 Å². The van der Waals surface area contributed by atoms with E-state index in [9.17, 15) is 10.1 Å². The molecule has 2 aromatic rings. The maximum Gasteiger partial charge on any atom is 0.295 e. The second kappa shape index (κ2) is 5.49. The second-order valence-corrected chi connectivity index (χ2v) is 5.72. The highest BCUT2D eigenvalue weighted by atomic mass is 79.9. The number of halogens is 1. The summed E-state index contributed by atoms with van der Waals surface area (Å²) < 4.78 is 1.03. The molecule has 0 fully saturated rings. The first-order chi connectivity index (χ1) is 8.58. The van der Waals surface area contributed by atoms with Gasteiger partial charge in [-0.25, -0.2) is 0 Å². The molecule has 0 radical (unpaired) electrons. The lowest BCUT2D eigenvalue weighted by Gasteiger charge is -2.07. The van der Waals surface area contributed by atoms with Crippen molar-refractivity contribution in [1.29, 1.82) is 0 Å². The lowest BCUT2D eigenvalue weighted by atomic mass is 10.1. The summed E-state index contributed by atoms with van der Waals surface area (Å²) in [5.74, 6) is 0. The molecule has 0 atom stereocenters. The topological polar surface area (TPSA) is 55.2 Å². The summed E-state index contributed by atoms with van der Waals surface area (Å²) in [6, 6.07) is 7.28. The van der Waals surface area contributed by atoms with Crippen LogP contribution in [0.25, 0.3) is 0 Å². The second-order valence-electron chi connectivity index (χ2n) is 3.81. The van der Waals surface area contributed by atoms with E-state index in [2.05, 4.69) is 21.2 Å². The average molecular weight is 327 g/mol. The number of thiophene rings is 1. The first-order valence-corrected chi connectivity index (χ1v) is 6.96. The normalized spacial score (nSPS) is 10.3. The average Bonchev–Trinajstić information content (AvgIpc) is 2.72. The Morgan fingerprint density at radius 1 is 1.50 bits per heavy atom. The predicted octanol–water partition coefficient (Wildman–Crippen LogP) is 4.34. The Bertz CT molecular complexity index is 583. The first kappa shape index (κ1) is 13.0. The van der Waals surface area contributed by atoms with Crippen molar-refractivity contribution in [1.82, 2.24) is 0 Å². The Morgan fingerprint density at radius 3 is 2.89 bits per heavy atom. The quantitative estimate of drug-likeness (QED) is 0.671. The molecule has 0 unspecified atom stereocenters. The number of aryl methyl sites for hydroxylation is 1. The summed E-state index contributed by atoms with van der Waals surface area (Å²) in [7, 11) is 0. The third kappa shape index (κ3) is 2.88. The smallest absolute Gasteiger partial charge is 0.295 e. The predicted molar refractivity (Wildman–Crippen MR) is 77.2 cm³/mol. The molecule has 0 saturated carbocycles. The molecule has 0 saturated heterocycles. The molecule has 0 bridgehead atoms. The van der Waals surface area contributed by atoms with Crippen molar-refractivity contribution in [3.05, 3.63) is 54.7 Å². The fourth-order valence-corrected chi connectivity index (χ4v) is 3.06. The monoisotopic (exact) mass is 326 g/mol. The number of anilines is 1. The molecule has 0 aliphatic rings. The van der Waals surface area contributed by atoms with Crippen LogP contribution in [0, 0.1) is 17.0 Å². The minimum absolute atomic E-state index is 0.146. The molecule has 4 nitrogen and oxygen atoms in total. The molecule has 94 valence electrons. The fourth-order valence-electron chi connectivity index (χ4n) is 1.67. The number of nitro groups is 1. The molecule has 1 heterocycles. The number of hydrogen-bond donors (Lipinski definition) is 1. The van der Waals surface area contributed by atoms with Crippen LogP contribution >= 0.6 is 27.3 Å². The SMILES string of the molecule is Cc1cccc(NCc2cc(Br)cs2)c1[N+](=O)[O-]. The van der Waals surface area contributed by atoms with Gasteiger partial charge >= 0.3 is 0 Å². The Morgan fingerprint density at radius 2 is 2.28 bits per heavy atom. The summed E-state index contributed by atoms with van der Waals surface area (Å²) >= 11 is 4.99. The van der Waals surface area contributed by atoms with E-state index in [0.29, 0.717) is 17.8 Å². The van der Waals surface area contributed by atoms with Crippen LogP contribution in [0.1, 0.15) is 10.4 Å². The molecular formula is C12H11BrN2O2S. The van der Waals surface area contributed by atoms with Crippen LogP contribution in [0.4, 0.5) is 11.4 Å². The van der Waals surface area contributed by atoms with Crippen LogP contribution in [0.3, 0.4) is 0 Å². The molecular weight excluding hydrogens is 316 g/mol. The number of nitrogens with one attached hydrogen (secondary N) is 1. The van der Waals surface area contributed by atoms with Gasteiger partial charge in [-0.2, -0.15) is 0 Å². The third-order valence-corrected chi connectivity index (χ3v) is 4.19. The van der Waals surface area contributed by atoms with Crippen molar-refractivity contribution in [3.63, 3.8) is 0 Å². The van der Waals surface area contributed by atoms with Gasteiger partial charge in [-0.05, 0) is 35.0 Å². The first-order valence-electron chi connectivity index (χ1n) is 5.28. The van der Waals surface area contributed by atoms with E-state index >= 15 is 0 Å². The van der Waals surface area contributed by atoms with Crippen LogP contribution < -0.4 is 5.32 Å². The molecule has 0 amide bonds. The standard InChI is InChI=1S/C12H11BrN2O2S/c1-8-3-2-4-11(12(8)15(16)17)14-6-10-5-9(13)7-18-10/h2-5,7,14H,6H2,1H3. The summed E-state index contributed by atoms with van der Waals surface area (Å²) in [4.78, 5) is 11.8. The number of rotatable bonds is 4. The molecule has 0 spiro atoms. The van der Waals surface area contributed by atoms with Crippen LogP contribution in [-0.2, 0) is 6.54 Å². The molecule has 6 heteroatoms. The van der Waals surface area contributed by atoms with Gasteiger partial charge in [0.15, 0.2) is 0 Å². The lowest BCUT2D eigenvalue weighted by molar-refractivity contribution is -0.384. The van der Waals surface area contributed by atoms with Gasteiger partial charge in [-0.15, -0.1) is 11.3 Å². The van der Waals surface area contributed by atoms with Gasteiger partial charge in [0, 0.05) is 26.8 Å². The Hall–Kier alpha value is -1.40. The van der Waals surface area contributed by atoms with E-state index in [1.165, 1.54) is 0 Å². The van der Waals surface area contributed by atoms with Gasteiger partial charge in [0.2, 0.25) is 0 Å². The Labute approximate surface area is 117 Å². The maximum absolute atomic E-state index is 11.0. The summed E-state index contributed by atoms with van der Waals surface area (Å²) in [6.45, 7) is 2.33. The van der Waals surface area contributed by atoms with Crippen LogP contribution in [0.15, 0.2) is 34.1 Å². The fraction of sp³-hybridized carbons (Fsp3) is 0.167. The zero-order valence-electron chi connectivity index (χ0n) is 9.64. The van der Waals surface area contributed by atoms with Crippen molar-refractivity contribution >= 4 is 38.6 Å². The highest BCUT2D eigenvalue weighted by Crippen LogP contribution is 2.29. The van der Waals surface area contributed by atoms with Crippen LogP contribution in [0.2, 0.25) is 0 Å². The van der Waals surface area contributed by atoms with Crippen molar-refractivity contribution in [3.8, 4) is 0 Å². The minimum atomic E-state index is -0.345. The molecule has 1 aromatic heterocycles. The molecule has 2 rings (SSSR count). The van der Waals surface area contributed by atoms with Crippen LogP contribution in [-0.4, -0.2) is 4.92 Å². The number of benzene rings is 1. The third-order valence-electron chi connectivity index (χ3n) is 2.50. The van der Waals surface area contributed by atoms with Crippen molar-refractivity contribution in [2.75, 3.05) is 5.32 Å². The minimum Gasteiger partial charge on any atom is -0.375 e. The lowest BCUT2D eigenvalue weighted by Crippen LogP contribution is -2.02. The maximum atomic E-state index is 11.0. The zero-order chi connectivity index (χ0) is 13.1. The van der Waals surface area contributed by atoms with E-state index in [4.69, 9.17) is 0 Å². The van der Waals surface area contributed by atoms with E-state index in [1.54, 1.807) is 30.4 Å². The largest absolute Gasteiger partial charge is 0.375 e. The van der Waals surface area contributed by atoms with E-state index in [1.807, 2.05) is 17.5 Å². The van der Waals surface area contributed by atoms with Crippen LogP contribution in [0.5, 0.6) is 0 Å². The highest BCUT2D eigenvalue weighted by molar-refractivity contribution is 9.10. The van der Waals surface area contributed by atoms with Gasteiger partial charge in [0.1, 0.15) is 5.69 Å². The molecule has 0 aliphatic carbocycles. The summed E-state index contributed by atoms with van der Waals surface area (Å²) in [5, 5.41) is 16.1. The van der Waals surface area contributed by atoms with Gasteiger partial charge in [0.25, 0.3) is 5.69 Å². The zero-order valence-corrected chi connectivity index (χ0v) is 12.0. The van der Waals surface area contributed by atoms with E-state index in [-0.39, 0.29) is 10.6 Å². The van der Waals surface area contributed by atoms with Gasteiger partial charge in [-0.1, -0.05) is 12.1 Å². The molecule has 1 aromatic carbocycles. The number of para-hydroxylation sites is 1. The number of hydrogen-bond acceptors (Lipinski definition) is 4. The Balaban J connectivity index is 2.19. The summed E-state index contributed by atoms with van der Waals surface area (Å²) in [6.07, 6.45) is 0. The van der Waals surface area contributed by atoms with Crippen molar-refractivity contribution in [2.45, 2.75) is 13.5 Å². The van der Waals surface area contributed by atoms with E-state index < -0.39 is 0 Å². The number of nitro benzene ring substituents is 1.